The molecule has 2 aromatic rings. The number of benzene rings is 1. The first kappa shape index (κ1) is 16.5. The van der Waals surface area contributed by atoms with Crippen LogP contribution in [0.5, 0.6) is 0 Å². The molecular formula is C15H16N2O3S2. The molecular weight excluding hydrogens is 320 g/mol. The second kappa shape index (κ2) is 6.93. The van der Waals surface area contributed by atoms with Gasteiger partial charge in [0.05, 0.1) is 15.7 Å². The van der Waals surface area contributed by atoms with Crippen LogP contribution >= 0.6 is 11.8 Å². The van der Waals surface area contributed by atoms with E-state index in [1.807, 2.05) is 18.4 Å². The smallest absolute Gasteiger partial charge is 0.256 e. The van der Waals surface area contributed by atoms with Gasteiger partial charge in [0, 0.05) is 5.56 Å². The maximum absolute atomic E-state index is 12.1. The van der Waals surface area contributed by atoms with Crippen LogP contribution in [0.4, 0.5) is 5.82 Å². The number of sulfone groups is 1. The predicted octanol–water partition coefficient (Wildman–Crippen LogP) is 2.85. The highest BCUT2D eigenvalue weighted by atomic mass is 32.2. The van der Waals surface area contributed by atoms with Crippen molar-refractivity contribution in [2.75, 3.05) is 17.3 Å². The minimum atomic E-state index is -3.26. The number of aromatic nitrogens is 1. The fourth-order valence-electron chi connectivity index (χ4n) is 1.77. The van der Waals surface area contributed by atoms with Gasteiger partial charge in [0.25, 0.3) is 5.91 Å². The second-order valence-electron chi connectivity index (χ2n) is 4.45. The van der Waals surface area contributed by atoms with Gasteiger partial charge in [0.15, 0.2) is 9.84 Å². The van der Waals surface area contributed by atoms with Crippen molar-refractivity contribution < 1.29 is 13.2 Å². The first-order valence-electron chi connectivity index (χ1n) is 6.61. The number of nitrogens with zero attached hydrogens (tertiary/aromatic N) is 1. The molecule has 0 bridgehead atoms. The maximum atomic E-state index is 12.1. The van der Waals surface area contributed by atoms with E-state index in [2.05, 4.69) is 10.3 Å². The molecule has 1 aromatic heterocycles. The fourth-order valence-corrected chi connectivity index (χ4v) is 3.06. The summed E-state index contributed by atoms with van der Waals surface area (Å²) in [6.45, 7) is 1.58. The van der Waals surface area contributed by atoms with Gasteiger partial charge >= 0.3 is 0 Å². The Labute approximate surface area is 134 Å². The zero-order chi connectivity index (χ0) is 16.2. The van der Waals surface area contributed by atoms with Gasteiger partial charge in [-0.1, -0.05) is 13.0 Å². The van der Waals surface area contributed by atoms with Crippen LogP contribution in [-0.4, -0.2) is 31.3 Å². The molecule has 1 N–H and O–H groups in total. The second-order valence-corrected chi connectivity index (χ2v) is 7.55. The molecule has 0 aliphatic heterocycles. The van der Waals surface area contributed by atoms with Crippen molar-refractivity contribution in [1.29, 1.82) is 0 Å². The van der Waals surface area contributed by atoms with Crippen molar-refractivity contribution in [2.45, 2.75) is 16.8 Å². The molecule has 0 unspecified atom stereocenters. The van der Waals surface area contributed by atoms with Gasteiger partial charge in [0.1, 0.15) is 5.82 Å². The lowest BCUT2D eigenvalue weighted by Gasteiger charge is -2.06. The molecule has 0 spiro atoms. The Bertz CT molecular complexity index is 772. The molecule has 0 fully saturated rings. The Morgan fingerprint density at radius 1 is 1.18 bits per heavy atom. The highest BCUT2D eigenvalue weighted by Crippen LogP contribution is 2.16. The molecule has 22 heavy (non-hydrogen) atoms. The number of rotatable bonds is 5. The number of amides is 1. The Morgan fingerprint density at radius 2 is 1.86 bits per heavy atom. The molecule has 116 valence electrons. The van der Waals surface area contributed by atoms with E-state index in [9.17, 15) is 13.2 Å². The topological polar surface area (TPSA) is 76.1 Å². The Balaban J connectivity index is 2.16. The summed E-state index contributed by atoms with van der Waals surface area (Å²) in [6, 6.07) is 11.2. The summed E-state index contributed by atoms with van der Waals surface area (Å²) in [6.07, 6.45) is 1.90. The van der Waals surface area contributed by atoms with Crippen molar-refractivity contribution in [2.24, 2.45) is 0 Å². The van der Waals surface area contributed by atoms with E-state index in [0.717, 1.165) is 5.03 Å². The molecule has 0 saturated heterocycles. The largest absolute Gasteiger partial charge is 0.307 e. The van der Waals surface area contributed by atoms with Crippen LogP contribution < -0.4 is 5.32 Å². The Kier molecular flexibility index (Phi) is 5.20. The van der Waals surface area contributed by atoms with Crippen LogP contribution in [0.3, 0.4) is 0 Å². The van der Waals surface area contributed by atoms with Crippen LogP contribution in [-0.2, 0) is 9.84 Å². The van der Waals surface area contributed by atoms with Gasteiger partial charge in [-0.05, 0) is 42.7 Å². The minimum absolute atomic E-state index is 0.0317. The summed E-state index contributed by atoms with van der Waals surface area (Å²) in [4.78, 5) is 16.6. The lowest BCUT2D eigenvalue weighted by Crippen LogP contribution is -2.13. The SMILES string of the molecule is CCS(=O)(=O)c1ccc(C(=O)Nc2cccc(SC)n2)cc1. The van der Waals surface area contributed by atoms with E-state index in [1.165, 1.54) is 36.0 Å². The van der Waals surface area contributed by atoms with Gasteiger partial charge in [-0.3, -0.25) is 4.79 Å². The number of pyridine rings is 1. The Morgan fingerprint density at radius 3 is 2.45 bits per heavy atom. The van der Waals surface area contributed by atoms with Gasteiger partial charge in [-0.15, -0.1) is 11.8 Å². The normalized spacial score (nSPS) is 11.2. The number of hydrogen-bond acceptors (Lipinski definition) is 5. The third-order valence-corrected chi connectivity index (χ3v) is 5.43. The molecule has 1 amide bonds. The first-order chi connectivity index (χ1) is 10.5. The lowest BCUT2D eigenvalue weighted by molar-refractivity contribution is 0.102. The minimum Gasteiger partial charge on any atom is -0.307 e. The molecule has 0 atom stereocenters. The van der Waals surface area contributed by atoms with Crippen molar-refractivity contribution in [3.63, 3.8) is 0 Å². The molecule has 0 aliphatic rings. The van der Waals surface area contributed by atoms with Gasteiger partial charge in [0.2, 0.25) is 0 Å². The molecule has 0 radical (unpaired) electrons. The molecule has 1 heterocycles. The van der Waals surface area contributed by atoms with Crippen molar-refractivity contribution in [3.05, 3.63) is 48.0 Å². The van der Waals surface area contributed by atoms with Crippen molar-refractivity contribution in [3.8, 4) is 0 Å². The summed E-state index contributed by atoms with van der Waals surface area (Å²) in [5.74, 6) is 0.164. The standard InChI is InChI=1S/C15H16N2O3S2/c1-3-22(19,20)12-9-7-11(8-10-12)15(18)17-13-5-4-6-14(16-13)21-2/h4-10H,3H2,1-2H3,(H,16,17,18). The van der Waals surface area contributed by atoms with Crippen molar-refractivity contribution >= 4 is 33.3 Å². The van der Waals surface area contributed by atoms with Crippen LogP contribution in [0.1, 0.15) is 17.3 Å². The quantitative estimate of drug-likeness (QED) is 0.850. The third-order valence-electron chi connectivity index (χ3n) is 3.03. The summed E-state index contributed by atoms with van der Waals surface area (Å²) in [5.41, 5.74) is 0.381. The van der Waals surface area contributed by atoms with Gasteiger partial charge in [-0.2, -0.15) is 0 Å². The number of thioether (sulfide) groups is 1. The molecule has 7 heteroatoms. The van der Waals surface area contributed by atoms with Gasteiger partial charge in [-0.25, -0.2) is 13.4 Å². The number of carbonyl (C=O) groups is 1. The monoisotopic (exact) mass is 336 g/mol. The zero-order valence-corrected chi connectivity index (χ0v) is 13.9. The molecule has 5 nitrogen and oxygen atoms in total. The highest BCUT2D eigenvalue weighted by Gasteiger charge is 2.13. The summed E-state index contributed by atoms with van der Waals surface area (Å²) >= 11 is 1.48. The lowest BCUT2D eigenvalue weighted by atomic mass is 10.2. The summed E-state index contributed by atoms with van der Waals surface area (Å²) < 4.78 is 23.5. The van der Waals surface area contributed by atoms with E-state index in [-0.39, 0.29) is 16.6 Å². The number of carbonyl (C=O) groups excluding carboxylic acids is 1. The average molecular weight is 336 g/mol. The summed E-state index contributed by atoms with van der Waals surface area (Å²) in [5, 5.41) is 3.50. The summed E-state index contributed by atoms with van der Waals surface area (Å²) in [7, 11) is -3.26. The van der Waals surface area contributed by atoms with E-state index < -0.39 is 9.84 Å². The van der Waals surface area contributed by atoms with E-state index in [0.29, 0.717) is 11.4 Å². The highest BCUT2D eigenvalue weighted by molar-refractivity contribution is 7.98. The van der Waals surface area contributed by atoms with Crippen LogP contribution in [0.15, 0.2) is 52.4 Å². The van der Waals surface area contributed by atoms with Gasteiger partial charge < -0.3 is 5.32 Å². The number of anilines is 1. The van der Waals surface area contributed by atoms with E-state index in [1.54, 1.807) is 13.0 Å². The third kappa shape index (κ3) is 3.86. The van der Waals surface area contributed by atoms with E-state index >= 15 is 0 Å². The zero-order valence-electron chi connectivity index (χ0n) is 12.2. The van der Waals surface area contributed by atoms with Crippen LogP contribution in [0, 0.1) is 0 Å². The number of hydrogen-bond donors (Lipinski definition) is 1. The molecule has 0 aliphatic carbocycles. The van der Waals surface area contributed by atoms with Crippen molar-refractivity contribution in [1.82, 2.24) is 4.98 Å². The number of nitrogens with one attached hydrogen (secondary N) is 1. The average Bonchev–Trinajstić information content (AvgIpc) is 2.55. The Hall–Kier alpha value is -1.86. The fraction of sp³-hybridized carbons (Fsp3) is 0.200. The predicted molar refractivity (Wildman–Crippen MR) is 88.1 cm³/mol. The van der Waals surface area contributed by atoms with Crippen LogP contribution in [0.25, 0.3) is 0 Å². The molecule has 1 aromatic carbocycles. The molecule has 2 rings (SSSR count). The van der Waals surface area contributed by atoms with Crippen LogP contribution in [0.2, 0.25) is 0 Å². The van der Waals surface area contributed by atoms with E-state index in [4.69, 9.17) is 0 Å². The maximum Gasteiger partial charge on any atom is 0.256 e. The first-order valence-corrected chi connectivity index (χ1v) is 9.49. The molecule has 0 saturated carbocycles.